The van der Waals surface area contributed by atoms with Gasteiger partial charge in [-0.05, 0) is 6.92 Å². The topological polar surface area (TPSA) is 52.6 Å². The van der Waals surface area contributed by atoms with Crippen molar-refractivity contribution in [2.75, 3.05) is 6.61 Å². The Morgan fingerprint density at radius 3 is 2.83 bits per heavy atom. The lowest BCUT2D eigenvalue weighted by atomic mass is 10.3. The molecule has 0 N–H and O–H groups in total. The molecular formula is C8H10O4. The molecule has 1 rings (SSSR count). The summed E-state index contributed by atoms with van der Waals surface area (Å²) >= 11 is 0. The van der Waals surface area contributed by atoms with Gasteiger partial charge in [-0.2, -0.15) is 0 Å². The number of esters is 2. The maximum Gasteiger partial charge on any atom is 0.333 e. The molecule has 0 amide bonds. The van der Waals surface area contributed by atoms with E-state index < -0.39 is 12.1 Å². The SMILES string of the molecule is C=C(C)C(=O)O[C@@H]1COC(=O)C1. The second-order valence-corrected chi connectivity index (χ2v) is 2.69. The normalized spacial score (nSPS) is 21.8. The Hall–Kier alpha value is -1.32. The molecule has 0 aliphatic carbocycles. The zero-order valence-corrected chi connectivity index (χ0v) is 6.83. The first-order valence-electron chi connectivity index (χ1n) is 3.61. The number of cyclic esters (lactones) is 1. The van der Waals surface area contributed by atoms with Gasteiger partial charge in [-0.1, -0.05) is 6.58 Å². The van der Waals surface area contributed by atoms with E-state index in [0.29, 0.717) is 5.57 Å². The van der Waals surface area contributed by atoms with Crippen molar-refractivity contribution < 1.29 is 19.1 Å². The largest absolute Gasteiger partial charge is 0.462 e. The van der Waals surface area contributed by atoms with Crippen molar-refractivity contribution in [3.63, 3.8) is 0 Å². The Bertz CT molecular complexity index is 231. The molecule has 0 unspecified atom stereocenters. The molecule has 0 saturated carbocycles. The first kappa shape index (κ1) is 8.77. The third-order valence-corrected chi connectivity index (χ3v) is 1.45. The third kappa shape index (κ3) is 2.08. The number of hydrogen-bond acceptors (Lipinski definition) is 4. The fourth-order valence-corrected chi connectivity index (χ4v) is 0.817. The molecule has 0 aromatic heterocycles. The van der Waals surface area contributed by atoms with Gasteiger partial charge in [0.2, 0.25) is 0 Å². The first-order valence-corrected chi connectivity index (χ1v) is 3.61. The Morgan fingerprint density at radius 2 is 2.42 bits per heavy atom. The Kier molecular flexibility index (Phi) is 2.47. The summed E-state index contributed by atoms with van der Waals surface area (Å²) in [6.45, 7) is 5.14. The summed E-state index contributed by atoms with van der Waals surface area (Å²) in [5.41, 5.74) is 0.328. The van der Waals surface area contributed by atoms with E-state index in [9.17, 15) is 9.59 Å². The molecule has 0 aromatic carbocycles. The lowest BCUT2D eigenvalue weighted by molar-refractivity contribution is -0.144. The molecule has 1 aliphatic rings. The van der Waals surface area contributed by atoms with Crippen LogP contribution in [0, 0.1) is 0 Å². The molecule has 0 spiro atoms. The van der Waals surface area contributed by atoms with Gasteiger partial charge >= 0.3 is 11.9 Å². The maximum absolute atomic E-state index is 10.9. The lowest BCUT2D eigenvalue weighted by Crippen LogP contribution is -2.18. The molecule has 0 radical (unpaired) electrons. The van der Waals surface area contributed by atoms with Crippen LogP contribution in [0.2, 0.25) is 0 Å². The summed E-state index contributed by atoms with van der Waals surface area (Å²) in [4.78, 5) is 21.5. The molecular weight excluding hydrogens is 160 g/mol. The summed E-state index contributed by atoms with van der Waals surface area (Å²) in [5, 5.41) is 0. The predicted molar refractivity (Wildman–Crippen MR) is 40.3 cm³/mol. The van der Waals surface area contributed by atoms with Gasteiger partial charge in [-0.15, -0.1) is 0 Å². The molecule has 4 heteroatoms. The van der Waals surface area contributed by atoms with Crippen molar-refractivity contribution in [1.82, 2.24) is 0 Å². The van der Waals surface area contributed by atoms with E-state index in [-0.39, 0.29) is 19.0 Å². The number of hydrogen-bond donors (Lipinski definition) is 0. The van der Waals surface area contributed by atoms with Gasteiger partial charge in [0.1, 0.15) is 12.7 Å². The van der Waals surface area contributed by atoms with Crippen LogP contribution in [0.5, 0.6) is 0 Å². The van der Waals surface area contributed by atoms with Crippen LogP contribution in [0.3, 0.4) is 0 Å². The summed E-state index contributed by atoms with van der Waals surface area (Å²) in [6.07, 6.45) is -0.277. The minimum absolute atomic E-state index is 0.152. The van der Waals surface area contributed by atoms with Crippen LogP contribution >= 0.6 is 0 Å². The van der Waals surface area contributed by atoms with E-state index in [4.69, 9.17) is 4.74 Å². The quantitative estimate of drug-likeness (QED) is 0.445. The second kappa shape index (κ2) is 3.38. The van der Waals surface area contributed by atoms with E-state index in [1.54, 1.807) is 6.92 Å². The summed E-state index contributed by atoms with van der Waals surface area (Å²) in [7, 11) is 0. The van der Waals surface area contributed by atoms with Crippen molar-refractivity contribution in [3.05, 3.63) is 12.2 Å². The van der Waals surface area contributed by atoms with Crippen molar-refractivity contribution in [2.24, 2.45) is 0 Å². The number of carbonyl (C=O) groups excluding carboxylic acids is 2. The Balaban J connectivity index is 2.37. The first-order chi connectivity index (χ1) is 5.59. The highest BCUT2D eigenvalue weighted by Crippen LogP contribution is 2.11. The summed E-state index contributed by atoms with van der Waals surface area (Å²) in [5.74, 6) is -0.798. The van der Waals surface area contributed by atoms with Gasteiger partial charge < -0.3 is 9.47 Å². The van der Waals surface area contributed by atoms with Crippen LogP contribution in [0.1, 0.15) is 13.3 Å². The highest BCUT2D eigenvalue weighted by molar-refractivity contribution is 5.87. The molecule has 12 heavy (non-hydrogen) atoms. The van der Waals surface area contributed by atoms with E-state index in [2.05, 4.69) is 11.3 Å². The molecule has 4 nitrogen and oxygen atoms in total. The zero-order chi connectivity index (χ0) is 9.14. The monoisotopic (exact) mass is 170 g/mol. The van der Waals surface area contributed by atoms with Crippen molar-refractivity contribution in [3.8, 4) is 0 Å². The van der Waals surface area contributed by atoms with Crippen molar-refractivity contribution >= 4 is 11.9 Å². The molecule has 1 atom stereocenters. The predicted octanol–water partition coefficient (Wildman–Crippen LogP) is 0.421. The molecule has 1 fully saturated rings. The van der Waals surface area contributed by atoms with Gasteiger partial charge in [0.05, 0.1) is 6.42 Å². The molecule has 1 heterocycles. The fourth-order valence-electron chi connectivity index (χ4n) is 0.817. The summed E-state index contributed by atoms with van der Waals surface area (Å²) < 4.78 is 9.46. The average molecular weight is 170 g/mol. The molecule has 1 aliphatic heterocycles. The minimum atomic E-state index is -0.474. The van der Waals surface area contributed by atoms with Gasteiger partial charge in [-0.25, -0.2) is 4.79 Å². The molecule has 0 aromatic rings. The highest BCUT2D eigenvalue weighted by atomic mass is 16.6. The fraction of sp³-hybridized carbons (Fsp3) is 0.500. The van der Waals surface area contributed by atoms with Crippen molar-refractivity contribution in [2.45, 2.75) is 19.4 Å². The number of carbonyl (C=O) groups is 2. The second-order valence-electron chi connectivity index (χ2n) is 2.69. The number of rotatable bonds is 2. The van der Waals surface area contributed by atoms with Crippen LogP contribution in [-0.2, 0) is 19.1 Å². The van der Waals surface area contributed by atoms with Gasteiger partial charge in [0.15, 0.2) is 0 Å². The highest BCUT2D eigenvalue weighted by Gasteiger charge is 2.26. The van der Waals surface area contributed by atoms with E-state index >= 15 is 0 Å². The van der Waals surface area contributed by atoms with Gasteiger partial charge in [-0.3, -0.25) is 4.79 Å². The maximum atomic E-state index is 10.9. The van der Waals surface area contributed by atoms with Gasteiger partial charge in [0, 0.05) is 5.57 Å². The molecule has 0 bridgehead atoms. The minimum Gasteiger partial charge on any atom is -0.462 e. The van der Waals surface area contributed by atoms with E-state index in [0.717, 1.165) is 0 Å². The lowest BCUT2D eigenvalue weighted by Gasteiger charge is -2.07. The summed E-state index contributed by atoms with van der Waals surface area (Å²) in [6, 6.07) is 0. The van der Waals surface area contributed by atoms with Crippen LogP contribution in [-0.4, -0.2) is 24.6 Å². The van der Waals surface area contributed by atoms with E-state index in [1.807, 2.05) is 0 Å². The zero-order valence-electron chi connectivity index (χ0n) is 6.83. The molecule has 1 saturated heterocycles. The Morgan fingerprint density at radius 1 is 1.75 bits per heavy atom. The smallest absolute Gasteiger partial charge is 0.333 e. The van der Waals surface area contributed by atoms with Gasteiger partial charge in [0.25, 0.3) is 0 Å². The van der Waals surface area contributed by atoms with Crippen LogP contribution in [0.4, 0.5) is 0 Å². The van der Waals surface area contributed by atoms with Crippen LogP contribution in [0.15, 0.2) is 12.2 Å². The number of ether oxygens (including phenoxy) is 2. The van der Waals surface area contributed by atoms with Crippen LogP contribution < -0.4 is 0 Å². The standard InChI is InChI=1S/C8H10O4/c1-5(2)8(10)12-6-3-7(9)11-4-6/h6H,1,3-4H2,2H3/t6-/m0/s1. The van der Waals surface area contributed by atoms with Crippen molar-refractivity contribution in [1.29, 1.82) is 0 Å². The third-order valence-electron chi connectivity index (χ3n) is 1.45. The average Bonchev–Trinajstić information content (AvgIpc) is 2.35. The van der Waals surface area contributed by atoms with E-state index in [1.165, 1.54) is 0 Å². The van der Waals surface area contributed by atoms with Crippen LogP contribution in [0.25, 0.3) is 0 Å². The Labute approximate surface area is 70.1 Å². The molecule has 66 valence electrons.